The van der Waals surface area contributed by atoms with E-state index in [0.717, 1.165) is 37.9 Å². The molecule has 1 aromatic heterocycles. The van der Waals surface area contributed by atoms with Crippen molar-refractivity contribution < 1.29 is 14.7 Å². The van der Waals surface area contributed by atoms with Crippen LogP contribution >= 0.6 is 0 Å². The number of amides is 1. The van der Waals surface area contributed by atoms with Crippen molar-refractivity contribution in [2.45, 2.75) is 63.5 Å². The van der Waals surface area contributed by atoms with Crippen molar-refractivity contribution in [3.05, 3.63) is 39.9 Å². The van der Waals surface area contributed by atoms with Gasteiger partial charge in [-0.25, -0.2) is 4.98 Å². The number of aryl methyl sites for hydroxylation is 1. The predicted octanol–water partition coefficient (Wildman–Crippen LogP) is 2.25. The average molecular weight is 369 g/mol. The van der Waals surface area contributed by atoms with Crippen LogP contribution in [0.4, 0.5) is 0 Å². The Morgan fingerprint density at radius 3 is 2.70 bits per heavy atom. The number of aromatic nitrogens is 2. The molecule has 2 heterocycles. The van der Waals surface area contributed by atoms with Crippen LogP contribution in [-0.4, -0.2) is 32.1 Å². The molecule has 1 aliphatic carbocycles. The minimum atomic E-state index is -0.911. The second-order valence-corrected chi connectivity index (χ2v) is 7.69. The number of nitrogens with zero attached hydrogens (tertiary/aromatic N) is 2. The molecule has 2 aromatic rings. The molecule has 0 bridgehead atoms. The van der Waals surface area contributed by atoms with Crippen LogP contribution in [0.5, 0.6) is 0 Å². The van der Waals surface area contributed by atoms with Crippen LogP contribution in [0.1, 0.15) is 61.1 Å². The normalized spacial score (nSPS) is 18.2. The molecule has 7 nitrogen and oxygen atoms in total. The minimum absolute atomic E-state index is 0.0507. The number of nitrogens with one attached hydrogen (secondary N) is 1. The van der Waals surface area contributed by atoms with Gasteiger partial charge >= 0.3 is 5.97 Å². The fourth-order valence-corrected chi connectivity index (χ4v) is 4.11. The Bertz CT molecular complexity index is 975. The Labute approximate surface area is 156 Å². The van der Waals surface area contributed by atoms with E-state index in [0.29, 0.717) is 35.9 Å². The Morgan fingerprint density at radius 2 is 2.00 bits per heavy atom. The van der Waals surface area contributed by atoms with Crippen molar-refractivity contribution in [2.24, 2.45) is 0 Å². The van der Waals surface area contributed by atoms with E-state index in [1.54, 1.807) is 22.8 Å². The van der Waals surface area contributed by atoms with Crippen molar-refractivity contribution >= 4 is 22.8 Å². The van der Waals surface area contributed by atoms with E-state index in [4.69, 9.17) is 5.11 Å². The molecule has 0 radical (unpaired) electrons. The molecule has 1 aromatic carbocycles. The average Bonchev–Trinajstić information content (AvgIpc) is 2.84. The Morgan fingerprint density at radius 1 is 1.19 bits per heavy atom. The lowest BCUT2D eigenvalue weighted by atomic mass is 9.74. The highest BCUT2D eigenvalue weighted by atomic mass is 16.4. The van der Waals surface area contributed by atoms with E-state index < -0.39 is 11.5 Å². The van der Waals surface area contributed by atoms with E-state index in [-0.39, 0.29) is 17.9 Å². The van der Waals surface area contributed by atoms with E-state index in [2.05, 4.69) is 10.3 Å². The molecule has 4 rings (SSSR count). The van der Waals surface area contributed by atoms with Crippen LogP contribution in [-0.2, 0) is 17.8 Å². The summed E-state index contributed by atoms with van der Waals surface area (Å²) in [6.07, 6.45) is 6.02. The maximum Gasteiger partial charge on any atom is 0.305 e. The molecule has 7 heteroatoms. The number of rotatable bonds is 4. The van der Waals surface area contributed by atoms with Crippen LogP contribution in [0, 0.1) is 0 Å². The summed E-state index contributed by atoms with van der Waals surface area (Å²) in [7, 11) is 0. The van der Waals surface area contributed by atoms with Gasteiger partial charge in [-0.15, -0.1) is 0 Å². The summed E-state index contributed by atoms with van der Waals surface area (Å²) in [5.74, 6) is -0.440. The third kappa shape index (κ3) is 3.34. The summed E-state index contributed by atoms with van der Waals surface area (Å²) in [4.78, 5) is 41.2. The lowest BCUT2D eigenvalue weighted by molar-refractivity contribution is -0.139. The van der Waals surface area contributed by atoms with Gasteiger partial charge in [-0.2, -0.15) is 0 Å². The molecule has 1 saturated carbocycles. The van der Waals surface area contributed by atoms with Gasteiger partial charge in [0.2, 0.25) is 0 Å². The van der Waals surface area contributed by atoms with Crippen LogP contribution in [0.25, 0.3) is 10.9 Å². The summed E-state index contributed by atoms with van der Waals surface area (Å²) in [6, 6.07) is 4.92. The van der Waals surface area contributed by atoms with Gasteiger partial charge in [-0.1, -0.05) is 6.42 Å². The maximum absolute atomic E-state index is 12.8. The summed E-state index contributed by atoms with van der Waals surface area (Å²) in [5, 5.41) is 12.5. The zero-order chi connectivity index (χ0) is 19.0. The van der Waals surface area contributed by atoms with Crippen molar-refractivity contribution in [3.63, 3.8) is 0 Å². The van der Waals surface area contributed by atoms with Crippen molar-refractivity contribution in [1.29, 1.82) is 0 Å². The van der Waals surface area contributed by atoms with Gasteiger partial charge < -0.3 is 10.4 Å². The molecule has 0 spiro atoms. The lowest BCUT2D eigenvalue weighted by Crippen LogP contribution is -2.54. The first-order chi connectivity index (χ1) is 13.0. The standard InChI is InChI=1S/C20H23N3O4/c24-17(25)12-20(8-4-9-20)22-18(26)13-6-7-14-15(11-13)21-16-5-2-1-3-10-23(16)19(14)27/h6-7,11H,1-5,8-10,12H2,(H,22,26)(H,24,25). The smallest absolute Gasteiger partial charge is 0.305 e. The van der Waals surface area contributed by atoms with Gasteiger partial charge in [0.25, 0.3) is 11.5 Å². The largest absolute Gasteiger partial charge is 0.481 e. The number of fused-ring (bicyclic) bond motifs is 2. The third-order valence-electron chi connectivity index (χ3n) is 5.76. The van der Waals surface area contributed by atoms with Crippen molar-refractivity contribution in [2.75, 3.05) is 0 Å². The quantitative estimate of drug-likeness (QED) is 0.861. The summed E-state index contributed by atoms with van der Waals surface area (Å²) < 4.78 is 1.76. The van der Waals surface area contributed by atoms with Crippen LogP contribution in [0.3, 0.4) is 0 Å². The molecular weight excluding hydrogens is 346 g/mol. The minimum Gasteiger partial charge on any atom is -0.481 e. The first-order valence-corrected chi connectivity index (χ1v) is 9.55. The second-order valence-electron chi connectivity index (χ2n) is 7.69. The predicted molar refractivity (Wildman–Crippen MR) is 99.9 cm³/mol. The fraction of sp³-hybridized carbons (Fsp3) is 0.500. The summed E-state index contributed by atoms with van der Waals surface area (Å²) in [6.45, 7) is 0.692. The number of hydrogen-bond donors (Lipinski definition) is 2. The number of benzene rings is 1. The highest BCUT2D eigenvalue weighted by Gasteiger charge is 2.40. The number of carboxylic acid groups (broad SMARTS) is 1. The first kappa shape index (κ1) is 17.7. The molecule has 0 atom stereocenters. The van der Waals surface area contributed by atoms with Gasteiger partial charge in [0.15, 0.2) is 0 Å². The monoisotopic (exact) mass is 369 g/mol. The van der Waals surface area contributed by atoms with Gasteiger partial charge in [0, 0.05) is 18.5 Å². The SMILES string of the molecule is O=C(O)CC1(NC(=O)c2ccc3c(=O)n4c(nc3c2)CCCCC4)CCC1. The molecule has 0 saturated heterocycles. The molecule has 2 N–H and O–H groups in total. The highest BCUT2D eigenvalue weighted by Crippen LogP contribution is 2.35. The molecule has 1 aliphatic heterocycles. The highest BCUT2D eigenvalue weighted by molar-refractivity contribution is 5.98. The van der Waals surface area contributed by atoms with Crippen molar-refractivity contribution in [1.82, 2.24) is 14.9 Å². The maximum atomic E-state index is 12.8. The van der Waals surface area contributed by atoms with Gasteiger partial charge in [0.1, 0.15) is 5.82 Å². The van der Waals surface area contributed by atoms with E-state index in [1.807, 2.05) is 0 Å². The van der Waals surface area contributed by atoms with Crippen LogP contribution in [0.2, 0.25) is 0 Å². The second kappa shape index (κ2) is 6.79. The fourth-order valence-electron chi connectivity index (χ4n) is 4.11. The first-order valence-electron chi connectivity index (χ1n) is 9.55. The number of aliphatic carboxylic acids is 1. The molecular formula is C20H23N3O4. The number of hydrogen-bond acceptors (Lipinski definition) is 4. The van der Waals surface area contributed by atoms with E-state index >= 15 is 0 Å². The molecule has 2 aliphatic rings. The molecule has 27 heavy (non-hydrogen) atoms. The Kier molecular flexibility index (Phi) is 4.45. The Balaban J connectivity index is 1.66. The zero-order valence-corrected chi connectivity index (χ0v) is 15.2. The zero-order valence-electron chi connectivity index (χ0n) is 15.2. The number of carbonyl (C=O) groups is 2. The van der Waals surface area contributed by atoms with E-state index in [9.17, 15) is 14.4 Å². The van der Waals surface area contributed by atoms with Crippen LogP contribution < -0.4 is 10.9 Å². The van der Waals surface area contributed by atoms with Gasteiger partial charge in [0.05, 0.1) is 22.9 Å². The molecule has 1 fully saturated rings. The Hall–Kier alpha value is -2.70. The number of carbonyl (C=O) groups excluding carboxylic acids is 1. The van der Waals surface area contributed by atoms with E-state index in [1.165, 1.54) is 0 Å². The van der Waals surface area contributed by atoms with Gasteiger partial charge in [-0.05, 0) is 50.3 Å². The third-order valence-corrected chi connectivity index (χ3v) is 5.76. The molecule has 142 valence electrons. The molecule has 0 unspecified atom stereocenters. The summed E-state index contributed by atoms with van der Waals surface area (Å²) in [5.41, 5.74) is 0.232. The van der Waals surface area contributed by atoms with Gasteiger partial charge in [-0.3, -0.25) is 19.0 Å². The topological polar surface area (TPSA) is 101 Å². The van der Waals surface area contributed by atoms with Crippen LogP contribution in [0.15, 0.2) is 23.0 Å². The van der Waals surface area contributed by atoms with Crippen molar-refractivity contribution in [3.8, 4) is 0 Å². The molecule has 1 amide bonds. The number of carboxylic acids is 1. The lowest BCUT2D eigenvalue weighted by Gasteiger charge is -2.41. The summed E-state index contributed by atoms with van der Waals surface area (Å²) >= 11 is 0.